The number of anilines is 2. The lowest BCUT2D eigenvalue weighted by atomic mass is 10.3. The van der Waals surface area contributed by atoms with E-state index >= 15 is 0 Å². The first-order chi connectivity index (χ1) is 6.61. The largest absolute Gasteiger partial charge is 0.396 e. The van der Waals surface area contributed by atoms with Crippen molar-refractivity contribution in [2.75, 3.05) is 44.9 Å². The number of nitrogens with zero attached hydrogens (tertiary/aromatic N) is 3. The van der Waals surface area contributed by atoms with Crippen LogP contribution in [0.2, 0.25) is 0 Å². The van der Waals surface area contributed by atoms with Crippen LogP contribution in [0.1, 0.15) is 0 Å². The highest BCUT2D eigenvalue weighted by Crippen LogP contribution is 2.19. The van der Waals surface area contributed by atoms with Gasteiger partial charge < -0.3 is 15.5 Å². The molecule has 0 aliphatic carbocycles. The molecule has 1 aromatic heterocycles. The molecule has 0 atom stereocenters. The van der Waals surface area contributed by atoms with Gasteiger partial charge in [0.2, 0.25) is 0 Å². The lowest BCUT2D eigenvalue weighted by Gasteiger charge is -2.22. The molecule has 1 rings (SSSR count). The molecule has 0 aliphatic rings. The van der Waals surface area contributed by atoms with Crippen LogP contribution < -0.4 is 10.6 Å². The van der Waals surface area contributed by atoms with Gasteiger partial charge in [-0.15, -0.1) is 0 Å². The number of nitrogen functional groups attached to an aromatic ring is 1. The molecule has 4 heteroatoms. The monoisotopic (exact) mass is 194 g/mol. The van der Waals surface area contributed by atoms with Crippen LogP contribution in [0, 0.1) is 0 Å². The summed E-state index contributed by atoms with van der Waals surface area (Å²) in [7, 11) is 6.16. The van der Waals surface area contributed by atoms with E-state index < -0.39 is 0 Å². The van der Waals surface area contributed by atoms with Gasteiger partial charge in [0, 0.05) is 26.3 Å². The van der Waals surface area contributed by atoms with Crippen molar-refractivity contribution in [3.8, 4) is 0 Å². The summed E-state index contributed by atoms with van der Waals surface area (Å²) in [4.78, 5) is 8.24. The van der Waals surface area contributed by atoms with Crippen molar-refractivity contribution in [2.24, 2.45) is 0 Å². The van der Waals surface area contributed by atoms with E-state index in [1.165, 1.54) is 0 Å². The number of rotatable bonds is 4. The summed E-state index contributed by atoms with van der Waals surface area (Å²) in [6.45, 7) is 1.97. The smallest absolute Gasteiger partial charge is 0.0738 e. The molecule has 78 valence electrons. The van der Waals surface area contributed by atoms with Crippen LogP contribution in [-0.4, -0.2) is 44.1 Å². The standard InChI is InChI=1S/C10H18N4/c1-13(2)6-7-14(3)10-4-5-12-8-9(10)11/h4-5,8H,6-7,11H2,1-3H3. The first-order valence-corrected chi connectivity index (χ1v) is 4.66. The molecule has 0 fully saturated rings. The third kappa shape index (κ3) is 2.88. The van der Waals surface area contributed by atoms with Gasteiger partial charge in [-0.2, -0.15) is 0 Å². The van der Waals surface area contributed by atoms with Crippen LogP contribution in [-0.2, 0) is 0 Å². The highest BCUT2D eigenvalue weighted by atomic mass is 15.2. The van der Waals surface area contributed by atoms with Gasteiger partial charge in [-0.3, -0.25) is 4.98 Å². The average Bonchev–Trinajstić information content (AvgIpc) is 2.15. The second-order valence-electron chi connectivity index (χ2n) is 3.66. The minimum atomic E-state index is 0.730. The molecular weight excluding hydrogens is 176 g/mol. The van der Waals surface area contributed by atoms with Crippen LogP contribution >= 0.6 is 0 Å². The van der Waals surface area contributed by atoms with E-state index in [4.69, 9.17) is 5.73 Å². The number of aromatic nitrogens is 1. The van der Waals surface area contributed by atoms with Crippen molar-refractivity contribution in [1.29, 1.82) is 0 Å². The van der Waals surface area contributed by atoms with Crippen molar-refractivity contribution in [3.05, 3.63) is 18.5 Å². The molecule has 0 aromatic carbocycles. The molecule has 0 spiro atoms. The Morgan fingerprint density at radius 3 is 2.57 bits per heavy atom. The van der Waals surface area contributed by atoms with E-state index in [1.54, 1.807) is 12.4 Å². The van der Waals surface area contributed by atoms with Gasteiger partial charge in [0.15, 0.2) is 0 Å². The van der Waals surface area contributed by atoms with Crippen LogP contribution in [0.15, 0.2) is 18.5 Å². The predicted molar refractivity (Wildman–Crippen MR) is 60.5 cm³/mol. The predicted octanol–water partition coefficient (Wildman–Crippen LogP) is 0.662. The molecule has 1 heterocycles. The first-order valence-electron chi connectivity index (χ1n) is 4.66. The third-order valence-corrected chi connectivity index (χ3v) is 2.12. The van der Waals surface area contributed by atoms with Gasteiger partial charge in [-0.25, -0.2) is 0 Å². The molecule has 0 amide bonds. The summed E-state index contributed by atoms with van der Waals surface area (Å²) >= 11 is 0. The second kappa shape index (κ2) is 4.81. The maximum absolute atomic E-state index is 5.81. The van der Waals surface area contributed by atoms with Crippen LogP contribution in [0.5, 0.6) is 0 Å². The Kier molecular flexibility index (Phi) is 3.71. The number of nitrogens with two attached hydrogens (primary N) is 1. The van der Waals surface area contributed by atoms with E-state index in [-0.39, 0.29) is 0 Å². The number of hydrogen-bond acceptors (Lipinski definition) is 4. The fourth-order valence-corrected chi connectivity index (χ4v) is 1.22. The number of hydrogen-bond donors (Lipinski definition) is 1. The Morgan fingerprint density at radius 2 is 2.00 bits per heavy atom. The Hall–Kier alpha value is -1.29. The molecule has 4 nitrogen and oxygen atoms in total. The molecule has 0 bridgehead atoms. The summed E-state index contributed by atoms with van der Waals surface area (Å²) in [6, 6.07) is 1.94. The molecule has 0 saturated heterocycles. The molecular formula is C10H18N4. The van der Waals surface area contributed by atoms with Gasteiger partial charge in [0.25, 0.3) is 0 Å². The fraction of sp³-hybridized carbons (Fsp3) is 0.500. The topological polar surface area (TPSA) is 45.4 Å². The summed E-state index contributed by atoms with van der Waals surface area (Å²) < 4.78 is 0. The van der Waals surface area contributed by atoms with E-state index in [1.807, 2.05) is 13.1 Å². The molecule has 1 aromatic rings. The van der Waals surface area contributed by atoms with Gasteiger partial charge >= 0.3 is 0 Å². The third-order valence-electron chi connectivity index (χ3n) is 2.12. The maximum atomic E-state index is 5.81. The van der Waals surface area contributed by atoms with E-state index in [0.29, 0.717) is 0 Å². The van der Waals surface area contributed by atoms with Crippen molar-refractivity contribution in [3.63, 3.8) is 0 Å². The second-order valence-corrected chi connectivity index (χ2v) is 3.66. The summed E-state index contributed by atoms with van der Waals surface area (Å²) in [5.41, 5.74) is 7.58. The first kappa shape index (κ1) is 10.8. The van der Waals surface area contributed by atoms with Crippen LogP contribution in [0.25, 0.3) is 0 Å². The Labute approximate surface area is 85.3 Å². The quantitative estimate of drug-likeness (QED) is 0.765. The zero-order valence-corrected chi connectivity index (χ0v) is 9.07. The van der Waals surface area contributed by atoms with Crippen molar-refractivity contribution < 1.29 is 0 Å². The SMILES string of the molecule is CN(C)CCN(C)c1ccncc1N. The molecule has 0 aliphatic heterocycles. The van der Waals surface area contributed by atoms with Crippen molar-refractivity contribution in [2.45, 2.75) is 0 Å². The van der Waals surface area contributed by atoms with E-state index in [2.05, 4.69) is 28.9 Å². The van der Waals surface area contributed by atoms with E-state index in [0.717, 1.165) is 24.5 Å². The minimum absolute atomic E-state index is 0.730. The van der Waals surface area contributed by atoms with Gasteiger partial charge in [-0.05, 0) is 20.2 Å². The normalized spacial score (nSPS) is 10.6. The number of likely N-dealkylation sites (N-methyl/N-ethyl adjacent to an activating group) is 2. The fourth-order valence-electron chi connectivity index (χ4n) is 1.22. The Morgan fingerprint density at radius 1 is 1.29 bits per heavy atom. The number of pyridine rings is 1. The van der Waals surface area contributed by atoms with E-state index in [9.17, 15) is 0 Å². The summed E-state index contributed by atoms with van der Waals surface area (Å²) in [6.07, 6.45) is 3.44. The van der Waals surface area contributed by atoms with Gasteiger partial charge in [-0.1, -0.05) is 0 Å². The van der Waals surface area contributed by atoms with Crippen molar-refractivity contribution >= 4 is 11.4 Å². The molecule has 0 saturated carbocycles. The zero-order chi connectivity index (χ0) is 10.6. The Bertz CT molecular complexity index is 285. The Balaban J connectivity index is 2.60. The lowest BCUT2D eigenvalue weighted by molar-refractivity contribution is 0.416. The van der Waals surface area contributed by atoms with Crippen molar-refractivity contribution in [1.82, 2.24) is 9.88 Å². The summed E-state index contributed by atoms with van der Waals surface area (Å²) in [5.74, 6) is 0. The molecule has 0 radical (unpaired) electrons. The van der Waals surface area contributed by atoms with Crippen LogP contribution in [0.3, 0.4) is 0 Å². The average molecular weight is 194 g/mol. The van der Waals surface area contributed by atoms with Gasteiger partial charge in [0.1, 0.15) is 0 Å². The maximum Gasteiger partial charge on any atom is 0.0738 e. The zero-order valence-electron chi connectivity index (χ0n) is 9.07. The molecule has 14 heavy (non-hydrogen) atoms. The lowest BCUT2D eigenvalue weighted by Crippen LogP contribution is -2.28. The molecule has 2 N–H and O–H groups in total. The highest BCUT2D eigenvalue weighted by molar-refractivity contribution is 5.65. The summed E-state index contributed by atoms with van der Waals surface area (Å²) in [5, 5.41) is 0. The van der Waals surface area contributed by atoms with Gasteiger partial charge in [0.05, 0.1) is 17.6 Å². The highest BCUT2D eigenvalue weighted by Gasteiger charge is 2.04. The molecule has 0 unspecified atom stereocenters. The minimum Gasteiger partial charge on any atom is -0.396 e. The van der Waals surface area contributed by atoms with Crippen LogP contribution in [0.4, 0.5) is 11.4 Å².